The van der Waals surface area contributed by atoms with Gasteiger partial charge in [0.15, 0.2) is 0 Å². The second-order valence-electron chi connectivity index (χ2n) is 6.88. The first-order valence-corrected chi connectivity index (χ1v) is 7.21. The lowest BCUT2D eigenvalue weighted by atomic mass is 9.79. The molecule has 0 amide bonds. The molecule has 2 bridgehead atoms. The predicted octanol–water partition coefficient (Wildman–Crippen LogP) is 4.10. The van der Waals surface area contributed by atoms with Crippen molar-refractivity contribution >= 4 is 5.97 Å². The molecule has 0 aromatic carbocycles. The zero-order valence-corrected chi connectivity index (χ0v) is 12.2. The molecule has 102 valence electrons. The normalized spacial score (nSPS) is 34.7. The van der Waals surface area contributed by atoms with Crippen LogP contribution in [0.15, 0.2) is 12.2 Å². The highest BCUT2D eigenvalue weighted by molar-refractivity contribution is 5.76. The van der Waals surface area contributed by atoms with Gasteiger partial charge in [0, 0.05) is 5.92 Å². The van der Waals surface area contributed by atoms with E-state index in [1.807, 2.05) is 27.7 Å². The molecular weight excluding hydrogens is 224 g/mol. The average Bonchev–Trinajstić information content (AvgIpc) is 2.89. The third-order valence-corrected chi connectivity index (χ3v) is 5.23. The molecule has 2 heteroatoms. The number of carbonyl (C=O) groups excluding carboxylic acids is 1. The number of hydrogen-bond acceptors (Lipinski definition) is 2. The van der Waals surface area contributed by atoms with Crippen molar-refractivity contribution in [2.24, 2.45) is 17.3 Å². The summed E-state index contributed by atoms with van der Waals surface area (Å²) in [5.41, 5.74) is 0.298. The third kappa shape index (κ3) is 2.00. The van der Waals surface area contributed by atoms with Gasteiger partial charge in [-0.2, -0.15) is 0 Å². The van der Waals surface area contributed by atoms with E-state index in [1.165, 1.54) is 19.3 Å². The van der Waals surface area contributed by atoms with E-state index in [-0.39, 0.29) is 17.0 Å². The summed E-state index contributed by atoms with van der Waals surface area (Å²) in [4.78, 5) is 12.4. The van der Waals surface area contributed by atoms with Gasteiger partial charge in [-0.15, -0.1) is 0 Å². The van der Waals surface area contributed by atoms with Crippen molar-refractivity contribution in [3.63, 3.8) is 0 Å². The molecule has 2 fully saturated rings. The van der Waals surface area contributed by atoms with E-state index in [4.69, 9.17) is 4.74 Å². The Bertz CT molecular complexity index is 369. The van der Waals surface area contributed by atoms with Crippen LogP contribution in [0.5, 0.6) is 0 Å². The van der Waals surface area contributed by atoms with E-state index >= 15 is 0 Å². The van der Waals surface area contributed by atoms with Gasteiger partial charge in [0.25, 0.3) is 0 Å². The number of carbonyl (C=O) groups is 1. The maximum absolute atomic E-state index is 12.4. The average molecular weight is 250 g/mol. The van der Waals surface area contributed by atoms with Gasteiger partial charge in [0.2, 0.25) is 0 Å². The minimum absolute atomic E-state index is 0.0550. The molecule has 0 heterocycles. The van der Waals surface area contributed by atoms with E-state index in [1.54, 1.807) is 0 Å². The molecule has 3 atom stereocenters. The van der Waals surface area contributed by atoms with E-state index in [0.29, 0.717) is 5.92 Å². The van der Waals surface area contributed by atoms with Crippen LogP contribution in [0.4, 0.5) is 0 Å². The Morgan fingerprint density at radius 2 is 2.11 bits per heavy atom. The molecule has 2 nitrogen and oxygen atoms in total. The standard InChI is InChI=1S/C16H26O2/c1-6-15(4,5)14(17)18-16(11(2)3)10-12-7-8-13(16)9-12/h12-13H,2,6-10H2,1,3-5H3. The monoisotopic (exact) mass is 250 g/mol. The van der Waals surface area contributed by atoms with Crippen molar-refractivity contribution in [2.75, 3.05) is 0 Å². The molecule has 0 aromatic heterocycles. The molecule has 2 saturated carbocycles. The van der Waals surface area contributed by atoms with Crippen molar-refractivity contribution in [3.8, 4) is 0 Å². The first-order chi connectivity index (χ1) is 8.32. The zero-order chi connectivity index (χ0) is 13.6. The van der Waals surface area contributed by atoms with E-state index < -0.39 is 0 Å². The first kappa shape index (κ1) is 13.6. The minimum atomic E-state index is -0.385. The van der Waals surface area contributed by atoms with E-state index in [9.17, 15) is 4.79 Å². The third-order valence-electron chi connectivity index (χ3n) is 5.23. The summed E-state index contributed by atoms with van der Waals surface area (Å²) in [6, 6.07) is 0. The summed E-state index contributed by atoms with van der Waals surface area (Å²) < 4.78 is 6.01. The molecule has 2 aliphatic carbocycles. The minimum Gasteiger partial charge on any atom is -0.454 e. The summed E-state index contributed by atoms with van der Waals surface area (Å²) in [5.74, 6) is 1.20. The van der Waals surface area contributed by atoms with Crippen LogP contribution >= 0.6 is 0 Å². The number of esters is 1. The molecular formula is C16H26O2. The fourth-order valence-electron chi connectivity index (χ4n) is 3.46. The Labute approximate surface area is 111 Å². The summed E-state index contributed by atoms with van der Waals surface area (Å²) in [7, 11) is 0. The Hall–Kier alpha value is -0.790. The Morgan fingerprint density at radius 3 is 2.50 bits per heavy atom. The van der Waals surface area contributed by atoms with Gasteiger partial charge >= 0.3 is 5.97 Å². The second kappa shape index (κ2) is 4.40. The van der Waals surface area contributed by atoms with Crippen LogP contribution < -0.4 is 0 Å². The van der Waals surface area contributed by atoms with Gasteiger partial charge in [-0.1, -0.05) is 13.5 Å². The lowest BCUT2D eigenvalue weighted by Crippen LogP contribution is -2.44. The predicted molar refractivity (Wildman–Crippen MR) is 73.2 cm³/mol. The lowest BCUT2D eigenvalue weighted by Gasteiger charge is -2.40. The zero-order valence-electron chi connectivity index (χ0n) is 12.2. The van der Waals surface area contributed by atoms with Crippen LogP contribution in [0, 0.1) is 17.3 Å². The van der Waals surface area contributed by atoms with Gasteiger partial charge in [0.1, 0.15) is 5.60 Å². The Kier molecular flexibility index (Phi) is 3.33. The van der Waals surface area contributed by atoms with Crippen LogP contribution in [0.25, 0.3) is 0 Å². The molecule has 0 N–H and O–H groups in total. The van der Waals surface area contributed by atoms with Crippen molar-refractivity contribution in [1.82, 2.24) is 0 Å². The molecule has 0 spiro atoms. The van der Waals surface area contributed by atoms with Gasteiger partial charge in [-0.3, -0.25) is 4.79 Å². The smallest absolute Gasteiger partial charge is 0.312 e. The molecule has 0 saturated heterocycles. The topological polar surface area (TPSA) is 26.3 Å². The summed E-state index contributed by atoms with van der Waals surface area (Å²) in [5, 5.41) is 0. The van der Waals surface area contributed by atoms with Crippen LogP contribution in [0.3, 0.4) is 0 Å². The SMILES string of the molecule is C=C(C)C1(OC(=O)C(C)(C)CC)CC2CCC1C2. The highest BCUT2D eigenvalue weighted by Gasteiger charge is 2.55. The quantitative estimate of drug-likeness (QED) is 0.554. The molecule has 18 heavy (non-hydrogen) atoms. The van der Waals surface area contributed by atoms with Gasteiger partial charge < -0.3 is 4.74 Å². The molecule has 2 aliphatic rings. The summed E-state index contributed by atoms with van der Waals surface area (Å²) in [6.45, 7) is 12.1. The Morgan fingerprint density at radius 1 is 1.44 bits per heavy atom. The molecule has 0 radical (unpaired) electrons. The van der Waals surface area contributed by atoms with Crippen LogP contribution in [-0.2, 0) is 9.53 Å². The van der Waals surface area contributed by atoms with Crippen LogP contribution in [0.1, 0.15) is 59.8 Å². The summed E-state index contributed by atoms with van der Waals surface area (Å²) in [6.07, 6.45) is 5.52. The molecule has 3 unspecified atom stereocenters. The highest BCUT2D eigenvalue weighted by Crippen LogP contribution is 2.55. The fourth-order valence-corrected chi connectivity index (χ4v) is 3.46. The number of ether oxygens (including phenoxy) is 1. The number of hydrogen-bond donors (Lipinski definition) is 0. The number of fused-ring (bicyclic) bond motifs is 2. The van der Waals surface area contributed by atoms with Crippen LogP contribution in [0.2, 0.25) is 0 Å². The van der Waals surface area contributed by atoms with Gasteiger partial charge in [-0.25, -0.2) is 0 Å². The molecule has 2 rings (SSSR count). The van der Waals surface area contributed by atoms with Gasteiger partial charge in [0.05, 0.1) is 5.41 Å². The van der Waals surface area contributed by atoms with Crippen molar-refractivity contribution in [3.05, 3.63) is 12.2 Å². The second-order valence-corrected chi connectivity index (χ2v) is 6.88. The summed E-state index contributed by atoms with van der Waals surface area (Å²) >= 11 is 0. The maximum atomic E-state index is 12.4. The van der Waals surface area contributed by atoms with Crippen molar-refractivity contribution < 1.29 is 9.53 Å². The highest BCUT2D eigenvalue weighted by atomic mass is 16.6. The number of rotatable bonds is 4. The fraction of sp³-hybridized carbons (Fsp3) is 0.812. The van der Waals surface area contributed by atoms with Gasteiger partial charge in [-0.05, 0) is 64.4 Å². The van der Waals surface area contributed by atoms with Crippen molar-refractivity contribution in [2.45, 2.75) is 65.4 Å². The first-order valence-electron chi connectivity index (χ1n) is 7.21. The lowest BCUT2D eigenvalue weighted by molar-refractivity contribution is -0.171. The molecule has 0 aromatic rings. The van der Waals surface area contributed by atoms with Crippen LogP contribution in [-0.4, -0.2) is 11.6 Å². The Balaban J connectivity index is 2.19. The molecule has 0 aliphatic heterocycles. The van der Waals surface area contributed by atoms with Crippen molar-refractivity contribution in [1.29, 1.82) is 0 Å². The largest absolute Gasteiger partial charge is 0.454 e. The van der Waals surface area contributed by atoms with E-state index in [0.717, 1.165) is 24.3 Å². The maximum Gasteiger partial charge on any atom is 0.312 e. The van der Waals surface area contributed by atoms with E-state index in [2.05, 4.69) is 6.58 Å².